The molecule has 2 amide bonds. The first-order valence-corrected chi connectivity index (χ1v) is 7.09. The summed E-state index contributed by atoms with van der Waals surface area (Å²) in [7, 11) is 0. The third-order valence-corrected chi connectivity index (χ3v) is 2.33. The van der Waals surface area contributed by atoms with Crippen LogP contribution in [0.2, 0.25) is 0 Å². The average molecular weight is 316 g/mol. The summed E-state index contributed by atoms with van der Waals surface area (Å²) in [5.74, 6) is -0.980. The number of rotatable bonds is 13. The van der Waals surface area contributed by atoms with Crippen LogP contribution in [0.25, 0.3) is 0 Å². The highest BCUT2D eigenvalue weighted by molar-refractivity contribution is 5.97. The lowest BCUT2D eigenvalue weighted by Crippen LogP contribution is -2.29. The van der Waals surface area contributed by atoms with Crippen molar-refractivity contribution in [1.29, 1.82) is 0 Å². The van der Waals surface area contributed by atoms with Gasteiger partial charge < -0.3 is 20.1 Å². The molecule has 8 nitrogen and oxygen atoms in total. The molecule has 0 saturated heterocycles. The molecule has 0 atom stereocenters. The van der Waals surface area contributed by atoms with Crippen molar-refractivity contribution in [3.63, 3.8) is 0 Å². The zero-order chi connectivity index (χ0) is 16.8. The van der Waals surface area contributed by atoms with Gasteiger partial charge in [0, 0.05) is 13.1 Å². The fourth-order valence-corrected chi connectivity index (χ4v) is 1.42. The first-order valence-electron chi connectivity index (χ1n) is 7.09. The highest BCUT2D eigenvalue weighted by Gasteiger charge is 2.04. The summed E-state index contributed by atoms with van der Waals surface area (Å²) in [5, 5.41) is 5.11. The summed E-state index contributed by atoms with van der Waals surface area (Å²) in [5.41, 5.74) is 0. The van der Waals surface area contributed by atoms with Gasteiger partial charge >= 0.3 is 0 Å². The van der Waals surface area contributed by atoms with Crippen LogP contribution in [-0.4, -0.2) is 62.9 Å². The number of Topliss-reactive ketones (excluding diaryl/α,β-unsaturated/α-hetero) is 2. The highest BCUT2D eigenvalue weighted by atomic mass is 16.5. The van der Waals surface area contributed by atoms with E-state index in [0.29, 0.717) is 39.5 Å². The molecule has 126 valence electrons. The van der Waals surface area contributed by atoms with Crippen LogP contribution >= 0.6 is 0 Å². The van der Waals surface area contributed by atoms with Crippen LogP contribution < -0.4 is 10.6 Å². The second-order valence-corrected chi connectivity index (χ2v) is 4.68. The van der Waals surface area contributed by atoms with Crippen molar-refractivity contribution in [1.82, 2.24) is 10.6 Å². The van der Waals surface area contributed by atoms with Crippen LogP contribution in [-0.2, 0) is 28.7 Å². The van der Waals surface area contributed by atoms with Crippen LogP contribution in [0.15, 0.2) is 0 Å². The summed E-state index contributed by atoms with van der Waals surface area (Å²) < 4.78 is 10.4. The lowest BCUT2D eigenvalue weighted by atomic mass is 10.3. The second kappa shape index (κ2) is 12.9. The predicted octanol–water partition coefficient (Wildman–Crippen LogP) is -0.790. The summed E-state index contributed by atoms with van der Waals surface area (Å²) >= 11 is 0. The average Bonchev–Trinajstić information content (AvgIpc) is 2.39. The zero-order valence-corrected chi connectivity index (χ0v) is 13.1. The van der Waals surface area contributed by atoms with Gasteiger partial charge in [0.2, 0.25) is 11.8 Å². The van der Waals surface area contributed by atoms with Crippen molar-refractivity contribution in [2.75, 3.05) is 39.5 Å². The van der Waals surface area contributed by atoms with E-state index in [1.807, 2.05) is 0 Å². The molecule has 8 heteroatoms. The molecule has 0 fully saturated rings. The molecule has 0 aliphatic carbocycles. The number of ether oxygens (including phenoxy) is 2. The Morgan fingerprint density at radius 1 is 0.682 bits per heavy atom. The molecule has 0 aromatic carbocycles. The number of carbonyl (C=O) groups is 4. The minimum Gasteiger partial charge on any atom is -0.377 e. The third-order valence-electron chi connectivity index (χ3n) is 2.33. The Balaban J connectivity index is 3.27. The van der Waals surface area contributed by atoms with E-state index in [0.717, 1.165) is 0 Å². The molecular weight excluding hydrogens is 292 g/mol. The number of hydrogen-bond acceptors (Lipinski definition) is 6. The SMILES string of the molecule is CC(=O)CC(=O)NCCOCCOCCNC(=O)CC(C)=O. The van der Waals surface area contributed by atoms with Gasteiger partial charge in [-0.05, 0) is 13.8 Å². The molecule has 0 saturated carbocycles. The van der Waals surface area contributed by atoms with E-state index in [1.165, 1.54) is 13.8 Å². The predicted molar refractivity (Wildman–Crippen MR) is 78.3 cm³/mol. The van der Waals surface area contributed by atoms with Crippen molar-refractivity contribution in [2.24, 2.45) is 0 Å². The van der Waals surface area contributed by atoms with Gasteiger partial charge in [-0.15, -0.1) is 0 Å². The number of nitrogens with one attached hydrogen (secondary N) is 2. The molecule has 0 aromatic rings. The van der Waals surface area contributed by atoms with E-state index in [2.05, 4.69) is 10.6 Å². The van der Waals surface area contributed by atoms with Crippen molar-refractivity contribution < 1.29 is 28.7 Å². The summed E-state index contributed by atoms with van der Waals surface area (Å²) in [6.45, 7) is 4.80. The number of carbonyl (C=O) groups excluding carboxylic acids is 4. The van der Waals surface area contributed by atoms with Gasteiger partial charge in [-0.2, -0.15) is 0 Å². The van der Waals surface area contributed by atoms with E-state index in [9.17, 15) is 19.2 Å². The van der Waals surface area contributed by atoms with Gasteiger partial charge in [0.05, 0.1) is 39.3 Å². The Kier molecular flexibility index (Phi) is 11.8. The molecule has 0 aliphatic rings. The van der Waals surface area contributed by atoms with E-state index in [4.69, 9.17) is 9.47 Å². The molecule has 22 heavy (non-hydrogen) atoms. The van der Waals surface area contributed by atoms with Crippen molar-refractivity contribution in [3.05, 3.63) is 0 Å². The minimum atomic E-state index is -0.311. The highest BCUT2D eigenvalue weighted by Crippen LogP contribution is 1.83. The Morgan fingerprint density at radius 3 is 1.36 bits per heavy atom. The Labute approximate surface area is 129 Å². The Morgan fingerprint density at radius 2 is 1.05 bits per heavy atom. The van der Waals surface area contributed by atoms with Gasteiger partial charge in [0.1, 0.15) is 11.6 Å². The number of ketones is 2. The fraction of sp³-hybridized carbons (Fsp3) is 0.714. The molecule has 0 bridgehead atoms. The molecule has 0 unspecified atom stereocenters. The molecule has 0 aliphatic heterocycles. The summed E-state index contributed by atoms with van der Waals surface area (Å²) in [6.07, 6.45) is -0.225. The van der Waals surface area contributed by atoms with Gasteiger partial charge in [-0.3, -0.25) is 19.2 Å². The van der Waals surface area contributed by atoms with E-state index in [1.54, 1.807) is 0 Å². The maximum Gasteiger partial charge on any atom is 0.227 e. The third kappa shape index (κ3) is 14.6. The largest absolute Gasteiger partial charge is 0.377 e. The molecule has 0 spiro atoms. The Bertz CT molecular complexity index is 348. The number of amides is 2. The molecular formula is C14H24N2O6. The van der Waals surface area contributed by atoms with Crippen LogP contribution in [0, 0.1) is 0 Å². The maximum atomic E-state index is 11.1. The van der Waals surface area contributed by atoms with Crippen LogP contribution in [0.4, 0.5) is 0 Å². The van der Waals surface area contributed by atoms with Gasteiger partial charge in [-0.1, -0.05) is 0 Å². The standard InChI is InChI=1S/C14H24N2O6/c1-11(17)9-13(19)15-3-5-21-7-8-22-6-4-16-14(20)10-12(2)18/h3-10H2,1-2H3,(H,15,19)(H,16,20). The fourth-order valence-electron chi connectivity index (χ4n) is 1.42. The van der Waals surface area contributed by atoms with Gasteiger partial charge in [0.15, 0.2) is 0 Å². The lowest BCUT2D eigenvalue weighted by molar-refractivity contribution is -0.129. The summed E-state index contributed by atoms with van der Waals surface area (Å²) in [6, 6.07) is 0. The molecule has 0 radical (unpaired) electrons. The van der Waals surface area contributed by atoms with Gasteiger partial charge in [0.25, 0.3) is 0 Å². The maximum absolute atomic E-state index is 11.1. The van der Waals surface area contributed by atoms with Gasteiger partial charge in [-0.25, -0.2) is 0 Å². The molecule has 0 aromatic heterocycles. The molecule has 0 heterocycles. The summed E-state index contributed by atoms with van der Waals surface area (Å²) in [4.78, 5) is 43.5. The van der Waals surface area contributed by atoms with Crippen molar-refractivity contribution in [3.8, 4) is 0 Å². The monoisotopic (exact) mass is 316 g/mol. The van der Waals surface area contributed by atoms with E-state index in [-0.39, 0.29) is 36.2 Å². The van der Waals surface area contributed by atoms with Crippen molar-refractivity contribution in [2.45, 2.75) is 26.7 Å². The van der Waals surface area contributed by atoms with E-state index < -0.39 is 0 Å². The number of hydrogen-bond donors (Lipinski definition) is 2. The quantitative estimate of drug-likeness (QED) is 0.340. The lowest BCUT2D eigenvalue weighted by Gasteiger charge is -2.07. The first-order chi connectivity index (χ1) is 10.4. The normalized spacial score (nSPS) is 10.1. The molecule has 2 N–H and O–H groups in total. The zero-order valence-electron chi connectivity index (χ0n) is 13.1. The van der Waals surface area contributed by atoms with Crippen molar-refractivity contribution >= 4 is 23.4 Å². The first kappa shape index (κ1) is 20.2. The smallest absolute Gasteiger partial charge is 0.227 e. The molecule has 0 rings (SSSR count). The van der Waals surface area contributed by atoms with Crippen LogP contribution in [0.3, 0.4) is 0 Å². The van der Waals surface area contributed by atoms with E-state index >= 15 is 0 Å². The van der Waals surface area contributed by atoms with Crippen LogP contribution in [0.1, 0.15) is 26.7 Å². The Hall–Kier alpha value is -1.80. The minimum absolute atomic E-state index is 0.113. The topological polar surface area (TPSA) is 111 Å². The second-order valence-electron chi connectivity index (χ2n) is 4.68. The van der Waals surface area contributed by atoms with Crippen LogP contribution in [0.5, 0.6) is 0 Å².